The molecule has 1 heterocycles. The summed E-state index contributed by atoms with van der Waals surface area (Å²) in [6, 6.07) is 0.496. The molecule has 21 heavy (non-hydrogen) atoms. The van der Waals surface area contributed by atoms with Crippen LogP contribution in [0.2, 0.25) is 0 Å². The Kier molecular flexibility index (Phi) is 6.44. The van der Waals surface area contributed by atoms with Crippen LogP contribution in [0.3, 0.4) is 0 Å². The van der Waals surface area contributed by atoms with E-state index in [4.69, 9.17) is 4.74 Å². The Bertz CT molecular complexity index is 437. The molecular formula is C14H23N3O2S2. The summed E-state index contributed by atoms with van der Waals surface area (Å²) in [5.74, 6) is 0.894. The van der Waals surface area contributed by atoms with Crippen molar-refractivity contribution in [1.29, 1.82) is 0 Å². The van der Waals surface area contributed by atoms with Crippen LogP contribution in [0.4, 0.5) is 0 Å². The summed E-state index contributed by atoms with van der Waals surface area (Å²) in [5.41, 5.74) is 1.21. The van der Waals surface area contributed by atoms with Crippen molar-refractivity contribution in [1.82, 2.24) is 15.5 Å². The fraction of sp³-hybridized carbons (Fsp3) is 0.786. The highest BCUT2D eigenvalue weighted by molar-refractivity contribution is 8.00. The lowest BCUT2D eigenvalue weighted by Crippen LogP contribution is -2.51. The van der Waals surface area contributed by atoms with Crippen molar-refractivity contribution in [2.24, 2.45) is 0 Å². The van der Waals surface area contributed by atoms with E-state index < -0.39 is 5.54 Å². The lowest BCUT2D eigenvalue weighted by Gasteiger charge is -2.28. The Morgan fingerprint density at radius 2 is 2.38 bits per heavy atom. The minimum atomic E-state index is -0.537. The van der Waals surface area contributed by atoms with Crippen LogP contribution < -0.4 is 5.32 Å². The Hall–Kier alpha value is -0.660. The third-order valence-corrected chi connectivity index (χ3v) is 5.41. The van der Waals surface area contributed by atoms with E-state index in [1.807, 2.05) is 13.8 Å². The monoisotopic (exact) mass is 329 g/mol. The molecule has 0 radical (unpaired) electrons. The number of rotatable bonds is 10. The van der Waals surface area contributed by atoms with Crippen LogP contribution in [0, 0.1) is 0 Å². The zero-order valence-corrected chi connectivity index (χ0v) is 14.3. The molecule has 0 amide bonds. The van der Waals surface area contributed by atoms with Crippen LogP contribution in [0.5, 0.6) is 0 Å². The number of carbonyl (C=O) groups excluding carboxylic acids is 1. The van der Waals surface area contributed by atoms with E-state index in [0.717, 1.165) is 29.4 Å². The molecule has 1 aromatic rings. The van der Waals surface area contributed by atoms with Gasteiger partial charge in [-0.25, -0.2) is 0 Å². The van der Waals surface area contributed by atoms with E-state index in [2.05, 4.69) is 15.5 Å². The largest absolute Gasteiger partial charge is 0.465 e. The Morgan fingerprint density at radius 1 is 1.57 bits per heavy atom. The molecule has 0 saturated heterocycles. The number of aromatic nitrogens is 2. The van der Waals surface area contributed by atoms with Crippen molar-refractivity contribution in [3.05, 3.63) is 5.51 Å². The van der Waals surface area contributed by atoms with Gasteiger partial charge in [-0.05, 0) is 39.5 Å². The molecule has 1 atom stereocenters. The maximum atomic E-state index is 12.2. The van der Waals surface area contributed by atoms with E-state index in [9.17, 15) is 4.79 Å². The Labute approximate surface area is 134 Å². The quantitative estimate of drug-likeness (QED) is 0.404. The number of unbranched alkanes of at least 4 members (excludes halogenated alkanes) is 1. The van der Waals surface area contributed by atoms with Crippen LogP contribution >= 0.6 is 23.1 Å². The van der Waals surface area contributed by atoms with Gasteiger partial charge in [-0.1, -0.05) is 29.5 Å². The summed E-state index contributed by atoms with van der Waals surface area (Å²) in [6.45, 7) is 4.27. The van der Waals surface area contributed by atoms with Gasteiger partial charge in [-0.15, -0.1) is 10.2 Å². The minimum Gasteiger partial charge on any atom is -0.465 e. The van der Waals surface area contributed by atoms with Gasteiger partial charge < -0.3 is 4.74 Å². The molecule has 0 bridgehead atoms. The second kappa shape index (κ2) is 8.10. The maximum Gasteiger partial charge on any atom is 0.326 e. The second-order valence-corrected chi connectivity index (χ2v) is 7.66. The topological polar surface area (TPSA) is 64.1 Å². The predicted octanol–water partition coefficient (Wildman–Crippen LogP) is 2.87. The van der Waals surface area contributed by atoms with Crippen molar-refractivity contribution >= 4 is 29.1 Å². The number of nitrogens with one attached hydrogen (secondary N) is 1. The zero-order chi connectivity index (χ0) is 15.1. The number of hydrogen-bond donors (Lipinski definition) is 1. The molecule has 0 aliphatic heterocycles. The second-order valence-electron chi connectivity index (χ2n) is 5.48. The minimum absolute atomic E-state index is 0.117. The molecule has 118 valence electrons. The van der Waals surface area contributed by atoms with Gasteiger partial charge >= 0.3 is 5.97 Å². The molecule has 5 nitrogen and oxygen atoms in total. The fourth-order valence-corrected chi connectivity index (χ4v) is 3.73. The lowest BCUT2D eigenvalue weighted by atomic mass is 9.94. The number of carbonyl (C=O) groups is 1. The van der Waals surface area contributed by atoms with Crippen LogP contribution in [-0.4, -0.2) is 40.1 Å². The molecule has 1 aromatic heterocycles. The number of esters is 1. The average Bonchev–Trinajstić information content (AvgIpc) is 3.11. The summed E-state index contributed by atoms with van der Waals surface area (Å²) in [7, 11) is 0. The van der Waals surface area contributed by atoms with Gasteiger partial charge in [0.1, 0.15) is 11.0 Å². The lowest BCUT2D eigenvalue weighted by molar-refractivity contribution is -0.151. The van der Waals surface area contributed by atoms with E-state index in [0.29, 0.717) is 12.6 Å². The van der Waals surface area contributed by atoms with Gasteiger partial charge in [-0.2, -0.15) is 0 Å². The van der Waals surface area contributed by atoms with E-state index in [1.165, 1.54) is 12.8 Å². The smallest absolute Gasteiger partial charge is 0.326 e. The maximum absolute atomic E-state index is 12.2. The van der Waals surface area contributed by atoms with Gasteiger partial charge in [0.2, 0.25) is 0 Å². The first-order chi connectivity index (χ1) is 10.1. The van der Waals surface area contributed by atoms with E-state index in [1.54, 1.807) is 28.6 Å². The van der Waals surface area contributed by atoms with Crippen molar-refractivity contribution in [2.75, 3.05) is 12.4 Å². The average molecular weight is 329 g/mol. The van der Waals surface area contributed by atoms with Gasteiger partial charge in [0.15, 0.2) is 4.34 Å². The van der Waals surface area contributed by atoms with E-state index in [-0.39, 0.29) is 5.97 Å². The van der Waals surface area contributed by atoms with E-state index >= 15 is 0 Å². The molecule has 1 aliphatic rings. The summed E-state index contributed by atoms with van der Waals surface area (Å²) >= 11 is 3.30. The normalized spacial score (nSPS) is 17.4. The molecule has 1 saturated carbocycles. The molecular weight excluding hydrogens is 306 g/mol. The van der Waals surface area contributed by atoms with Crippen LogP contribution in [0.15, 0.2) is 9.85 Å². The number of hydrogen-bond acceptors (Lipinski definition) is 7. The van der Waals surface area contributed by atoms with Crippen LogP contribution in [0.1, 0.15) is 46.0 Å². The zero-order valence-electron chi connectivity index (χ0n) is 12.6. The highest BCUT2D eigenvalue weighted by atomic mass is 32.2. The molecule has 2 rings (SSSR count). The molecule has 7 heteroatoms. The van der Waals surface area contributed by atoms with Gasteiger partial charge in [-0.3, -0.25) is 10.1 Å². The highest BCUT2D eigenvalue weighted by Gasteiger charge is 2.38. The van der Waals surface area contributed by atoms with Crippen molar-refractivity contribution in [2.45, 2.75) is 61.9 Å². The van der Waals surface area contributed by atoms with Gasteiger partial charge in [0.25, 0.3) is 0 Å². The fourth-order valence-electron chi connectivity index (χ4n) is 2.17. The molecule has 1 fully saturated rings. The number of nitrogens with zero attached hydrogens (tertiary/aromatic N) is 2. The predicted molar refractivity (Wildman–Crippen MR) is 85.7 cm³/mol. The molecule has 0 spiro atoms. The number of ether oxygens (including phenoxy) is 1. The van der Waals surface area contributed by atoms with Crippen molar-refractivity contribution in [3.63, 3.8) is 0 Å². The van der Waals surface area contributed by atoms with Crippen molar-refractivity contribution in [3.8, 4) is 0 Å². The number of thioether (sulfide) groups is 1. The summed E-state index contributed by atoms with van der Waals surface area (Å²) in [6.07, 6.45) is 5.22. The third kappa shape index (κ3) is 5.56. The molecule has 1 unspecified atom stereocenters. The SMILES string of the molecule is CCOC(=O)C(C)(CCCCSc1nncs1)NC1CC1. The molecule has 0 aromatic carbocycles. The standard InChI is InChI=1S/C14H23N3O2S2/c1-3-19-12(18)14(2,16-11-6-7-11)8-4-5-9-20-13-17-15-10-21-13/h10-11,16H,3-9H2,1-2H3. The van der Waals surface area contributed by atoms with Gasteiger partial charge in [0, 0.05) is 11.8 Å². The Morgan fingerprint density at radius 3 is 3.00 bits per heavy atom. The first-order valence-corrected chi connectivity index (χ1v) is 9.34. The van der Waals surface area contributed by atoms with Gasteiger partial charge in [0.05, 0.1) is 6.61 Å². The van der Waals surface area contributed by atoms with Crippen LogP contribution in [0.25, 0.3) is 0 Å². The summed E-state index contributed by atoms with van der Waals surface area (Å²) in [5, 5.41) is 11.3. The summed E-state index contributed by atoms with van der Waals surface area (Å²) in [4.78, 5) is 12.2. The first kappa shape index (κ1) is 16.7. The molecule has 1 N–H and O–H groups in total. The first-order valence-electron chi connectivity index (χ1n) is 7.48. The third-order valence-electron chi connectivity index (χ3n) is 3.46. The van der Waals surface area contributed by atoms with Crippen LogP contribution in [-0.2, 0) is 9.53 Å². The highest BCUT2D eigenvalue weighted by Crippen LogP contribution is 2.27. The van der Waals surface area contributed by atoms with Crippen molar-refractivity contribution < 1.29 is 9.53 Å². The summed E-state index contributed by atoms with van der Waals surface area (Å²) < 4.78 is 6.24. The Balaban J connectivity index is 1.71. The molecule has 1 aliphatic carbocycles.